The number of ketones is 1. The maximum Gasteiger partial charge on any atom is 0.193 e. The molecule has 0 unspecified atom stereocenters. The molecule has 57 heavy (non-hydrogen) atoms. The SMILES string of the molecule is CC[Si](CC)(CC)O[C@H](C1=C[C@@H]2OC[C@@H](O2)C1=O)[C@@H]1O[C@H](CO[Si](C)(C)C(C)(C)C)[C@H](O[Si](C)(C)C(C)(C)C)[C@H](O[Si](C)(C)C(C)(C)C)[C@H]1O[Si](C)(C)C(C)(C)C. The number of hydrogen-bond donors (Lipinski definition) is 0. The molecule has 2 fully saturated rings. The van der Waals surface area contributed by atoms with Gasteiger partial charge in [-0.2, -0.15) is 0 Å². The molecule has 2 saturated heterocycles. The summed E-state index contributed by atoms with van der Waals surface area (Å²) in [5.41, 5.74) is 0.578. The smallest absolute Gasteiger partial charge is 0.193 e. The van der Waals surface area contributed by atoms with Crippen LogP contribution in [0.3, 0.4) is 0 Å². The number of ether oxygens (including phenoxy) is 3. The second kappa shape index (κ2) is 17.7. The Morgan fingerprint density at radius 1 is 0.632 bits per heavy atom. The van der Waals surface area contributed by atoms with Gasteiger partial charge >= 0.3 is 0 Å². The first kappa shape index (κ1) is 51.5. The molecule has 0 aromatic carbocycles. The van der Waals surface area contributed by atoms with Gasteiger partial charge in [0.1, 0.15) is 42.7 Å². The van der Waals surface area contributed by atoms with Crippen LogP contribution in [0.2, 0.25) is 90.7 Å². The van der Waals surface area contributed by atoms with E-state index in [0.29, 0.717) is 12.2 Å². The van der Waals surface area contributed by atoms with Crippen molar-refractivity contribution >= 4 is 47.4 Å². The number of rotatable bonds is 16. The summed E-state index contributed by atoms with van der Waals surface area (Å²) < 4.78 is 57.5. The van der Waals surface area contributed by atoms with E-state index >= 15 is 0 Å². The zero-order chi connectivity index (χ0) is 44.2. The summed E-state index contributed by atoms with van der Waals surface area (Å²) in [5.74, 6) is -0.0924. The Bertz CT molecular complexity index is 1390. The lowest BCUT2D eigenvalue weighted by Gasteiger charge is -2.56. The minimum atomic E-state index is -2.54. The Balaban J connectivity index is 2.49. The van der Waals surface area contributed by atoms with Crippen molar-refractivity contribution in [1.29, 1.82) is 0 Å². The summed E-state index contributed by atoms with van der Waals surface area (Å²) >= 11 is 0. The van der Waals surface area contributed by atoms with E-state index in [4.69, 9.17) is 36.3 Å². The zero-order valence-corrected chi connectivity index (χ0v) is 45.9. The predicted octanol–water partition coefficient (Wildman–Crippen LogP) is 11.6. The Morgan fingerprint density at radius 2 is 1.05 bits per heavy atom. The van der Waals surface area contributed by atoms with Crippen LogP contribution >= 0.6 is 0 Å². The fourth-order valence-corrected chi connectivity index (χ4v) is 14.4. The molecule has 0 aromatic rings. The standard InChI is InChI=1S/C43H88O9Si5/c1-24-57(25-2,26-3)52-35(30-27-33-45-28-31(47-33)34(30)44)37-39(51-56(22,23)43(13,14)15)38(50-55(20,21)42(10,11)12)36(49-54(18,19)41(7,8)9)32(48-37)29-46-53(16,17)40(4,5)6/h27,31-33,35-39H,24-26,28-29H2,1-23H3/t31-,32-,33-,35-,36+,37+,38+,39+/m1/s1. The molecule has 3 aliphatic rings. The molecule has 0 aliphatic carbocycles. The van der Waals surface area contributed by atoms with Gasteiger partial charge in [-0.05, 0) is 96.7 Å². The highest BCUT2D eigenvalue weighted by Gasteiger charge is 2.60. The predicted molar refractivity (Wildman–Crippen MR) is 248 cm³/mol. The molecule has 334 valence electrons. The largest absolute Gasteiger partial charge is 0.414 e. The summed E-state index contributed by atoms with van der Waals surface area (Å²) in [6.07, 6.45) is -2.94. The molecule has 0 aromatic heterocycles. The average Bonchev–Trinajstić information content (AvgIpc) is 3.46. The molecule has 8 atom stereocenters. The molecule has 0 saturated carbocycles. The highest BCUT2D eigenvalue weighted by Crippen LogP contribution is 2.48. The van der Waals surface area contributed by atoms with Gasteiger partial charge in [-0.1, -0.05) is 104 Å². The molecule has 0 amide bonds. The van der Waals surface area contributed by atoms with Crippen LogP contribution in [0.1, 0.15) is 104 Å². The molecule has 3 rings (SSSR count). The first-order valence-electron chi connectivity index (χ1n) is 22.0. The van der Waals surface area contributed by atoms with Gasteiger partial charge in [0.15, 0.2) is 53.7 Å². The number of fused-ring (bicyclic) bond motifs is 2. The quantitative estimate of drug-likeness (QED) is 0.141. The van der Waals surface area contributed by atoms with Crippen molar-refractivity contribution in [3.63, 3.8) is 0 Å². The van der Waals surface area contributed by atoms with E-state index in [1.54, 1.807) is 0 Å². The second-order valence-electron chi connectivity index (χ2n) is 23.3. The van der Waals surface area contributed by atoms with Crippen LogP contribution in [0.5, 0.6) is 0 Å². The van der Waals surface area contributed by atoms with Crippen molar-refractivity contribution < 1.29 is 41.1 Å². The lowest BCUT2D eigenvalue weighted by Crippen LogP contribution is -2.70. The first-order valence-corrected chi connectivity index (χ1v) is 36.2. The molecule has 2 bridgehead atoms. The molecule has 0 N–H and O–H groups in total. The molecule has 0 radical (unpaired) electrons. The van der Waals surface area contributed by atoms with E-state index in [2.05, 4.69) is 156 Å². The van der Waals surface area contributed by atoms with Crippen LogP contribution in [0.15, 0.2) is 11.6 Å². The van der Waals surface area contributed by atoms with Crippen molar-refractivity contribution in [2.45, 2.75) is 244 Å². The molecule has 3 aliphatic heterocycles. The third-order valence-corrected chi connectivity index (χ3v) is 37.9. The molecular weight excluding hydrogens is 801 g/mol. The van der Waals surface area contributed by atoms with E-state index in [-0.39, 0.29) is 32.5 Å². The topological polar surface area (TPSA) is 90.9 Å². The van der Waals surface area contributed by atoms with Crippen LogP contribution in [0.25, 0.3) is 0 Å². The molecular formula is C43H88O9Si5. The fourth-order valence-electron chi connectivity index (χ4n) is 6.66. The zero-order valence-electron chi connectivity index (χ0n) is 40.9. The third-order valence-electron chi connectivity index (χ3n) is 15.3. The lowest BCUT2D eigenvalue weighted by molar-refractivity contribution is -0.231. The summed E-state index contributed by atoms with van der Waals surface area (Å²) in [4.78, 5) is 14.5. The highest BCUT2D eigenvalue weighted by molar-refractivity contribution is 6.76. The van der Waals surface area contributed by atoms with Gasteiger partial charge in [-0.25, -0.2) is 0 Å². The third kappa shape index (κ3) is 11.4. The minimum absolute atomic E-state index is 0.0132. The Labute approximate surface area is 355 Å². The van der Waals surface area contributed by atoms with Crippen LogP contribution in [0.4, 0.5) is 0 Å². The molecule has 0 spiro atoms. The van der Waals surface area contributed by atoms with Crippen LogP contribution in [-0.2, 0) is 41.1 Å². The maximum atomic E-state index is 14.5. The first-order chi connectivity index (χ1) is 25.5. The number of hydrogen-bond acceptors (Lipinski definition) is 9. The van der Waals surface area contributed by atoms with E-state index in [9.17, 15) is 4.79 Å². The van der Waals surface area contributed by atoms with E-state index in [1.165, 1.54) is 0 Å². The Kier molecular flexibility index (Phi) is 16.0. The Hall–Kier alpha value is 0.174. The number of carbonyl (C=O) groups excluding carboxylic acids is 1. The normalized spacial score (nSPS) is 28.2. The van der Waals surface area contributed by atoms with E-state index in [0.717, 1.165) is 18.1 Å². The monoisotopic (exact) mass is 889 g/mol. The van der Waals surface area contributed by atoms with Crippen molar-refractivity contribution in [2.24, 2.45) is 0 Å². The van der Waals surface area contributed by atoms with Gasteiger partial charge in [-0.3, -0.25) is 4.79 Å². The van der Waals surface area contributed by atoms with Crippen molar-refractivity contribution in [2.75, 3.05) is 13.2 Å². The summed E-state index contributed by atoms with van der Waals surface area (Å²) in [6, 6.07) is 2.74. The van der Waals surface area contributed by atoms with Crippen LogP contribution in [0, 0.1) is 0 Å². The fraction of sp³-hybridized carbons (Fsp3) is 0.930. The van der Waals surface area contributed by atoms with Gasteiger partial charge < -0.3 is 36.3 Å². The summed E-state index contributed by atoms with van der Waals surface area (Å²) in [6.45, 7) is 53.1. The van der Waals surface area contributed by atoms with Gasteiger partial charge in [0.2, 0.25) is 0 Å². The molecule has 3 heterocycles. The minimum Gasteiger partial charge on any atom is -0.414 e. The summed E-state index contributed by atoms with van der Waals surface area (Å²) in [5, 5.41) is -0.314. The second-order valence-corrected chi connectivity index (χ2v) is 47.1. The van der Waals surface area contributed by atoms with Crippen LogP contribution in [-0.4, -0.2) is 110 Å². The number of carbonyl (C=O) groups is 1. The van der Waals surface area contributed by atoms with Gasteiger partial charge in [0.25, 0.3) is 0 Å². The lowest BCUT2D eigenvalue weighted by atomic mass is 9.87. The van der Waals surface area contributed by atoms with Gasteiger partial charge in [0.05, 0.1) is 13.2 Å². The average molecular weight is 890 g/mol. The molecule has 14 heteroatoms. The Morgan fingerprint density at radius 3 is 1.47 bits per heavy atom. The summed E-state index contributed by atoms with van der Waals surface area (Å²) in [7, 11) is -12.1. The van der Waals surface area contributed by atoms with Gasteiger partial charge in [-0.15, -0.1) is 0 Å². The van der Waals surface area contributed by atoms with Gasteiger partial charge in [0, 0.05) is 5.57 Å². The van der Waals surface area contributed by atoms with Crippen molar-refractivity contribution in [1.82, 2.24) is 0 Å². The maximum absolute atomic E-state index is 14.5. The van der Waals surface area contributed by atoms with Crippen molar-refractivity contribution in [3.05, 3.63) is 11.6 Å². The van der Waals surface area contributed by atoms with Crippen LogP contribution < -0.4 is 0 Å². The van der Waals surface area contributed by atoms with E-state index in [1.807, 2.05) is 6.08 Å². The molecule has 9 nitrogen and oxygen atoms in total. The van der Waals surface area contributed by atoms with Crippen molar-refractivity contribution in [3.8, 4) is 0 Å². The van der Waals surface area contributed by atoms with E-state index < -0.39 is 90.6 Å². The highest BCUT2D eigenvalue weighted by atomic mass is 28.4. The number of Topliss-reactive ketones (excluding diaryl/α,β-unsaturated/α-hetero) is 1.